The second-order valence-electron chi connectivity index (χ2n) is 9.01. The van der Waals surface area contributed by atoms with Gasteiger partial charge in [-0.25, -0.2) is 4.79 Å². The third kappa shape index (κ3) is 5.17. The fraction of sp³-hybridized carbons (Fsp3) is 0.542. The molecule has 6 heteroatoms. The number of hydrogen-bond donors (Lipinski definition) is 0. The minimum absolute atomic E-state index is 0.0562. The molecule has 3 rings (SSSR count). The molecule has 0 unspecified atom stereocenters. The second-order valence-corrected chi connectivity index (χ2v) is 9.01. The predicted molar refractivity (Wildman–Crippen MR) is 116 cm³/mol. The Bertz CT molecular complexity index is 905. The Labute approximate surface area is 178 Å². The number of carbonyl (C=O) groups is 2. The van der Waals surface area contributed by atoms with E-state index in [0.29, 0.717) is 6.54 Å². The normalized spacial score (nSPS) is 19.0. The molecule has 1 aliphatic heterocycles. The van der Waals surface area contributed by atoms with Crippen LogP contribution in [-0.2, 0) is 20.7 Å². The van der Waals surface area contributed by atoms with Crippen molar-refractivity contribution in [1.29, 1.82) is 0 Å². The molecule has 30 heavy (non-hydrogen) atoms. The number of Topliss-reactive ketones (excluding diaryl/α,β-unsaturated/α-hetero) is 1. The molecule has 1 aliphatic rings. The number of amides is 1. The Hall–Kier alpha value is -2.47. The van der Waals surface area contributed by atoms with Crippen LogP contribution in [0.5, 0.6) is 0 Å². The van der Waals surface area contributed by atoms with Gasteiger partial charge in [-0.05, 0) is 45.7 Å². The number of carbonyl (C=O) groups excluding carboxylic acids is 2. The zero-order valence-electron chi connectivity index (χ0n) is 18.6. The molecule has 0 aliphatic carbocycles. The molecule has 2 aromatic rings. The van der Waals surface area contributed by atoms with Crippen LogP contribution in [0, 0.1) is 5.92 Å². The SMILES string of the molecule is CO[C@H]([C@@H](C)C(=O)Cc1ccc2ccccc2n1)[C@@H]1CCCN1C(=O)OC(C)(C)C. The van der Waals surface area contributed by atoms with Crippen LogP contribution in [0.4, 0.5) is 4.79 Å². The molecule has 1 saturated heterocycles. The molecule has 2 heterocycles. The zero-order chi connectivity index (χ0) is 21.9. The lowest BCUT2D eigenvalue weighted by Crippen LogP contribution is -2.49. The number of para-hydroxylation sites is 1. The fourth-order valence-electron chi connectivity index (χ4n) is 4.11. The molecule has 1 amide bonds. The Morgan fingerprint density at radius 1 is 1.20 bits per heavy atom. The number of rotatable bonds is 6. The molecule has 1 fully saturated rings. The van der Waals surface area contributed by atoms with Gasteiger partial charge in [-0.15, -0.1) is 0 Å². The van der Waals surface area contributed by atoms with Crippen LogP contribution in [0.3, 0.4) is 0 Å². The van der Waals surface area contributed by atoms with Crippen LogP contribution in [0.25, 0.3) is 10.9 Å². The summed E-state index contributed by atoms with van der Waals surface area (Å²) in [6, 6.07) is 11.6. The lowest BCUT2D eigenvalue weighted by Gasteiger charge is -2.34. The van der Waals surface area contributed by atoms with Crippen molar-refractivity contribution >= 4 is 22.8 Å². The monoisotopic (exact) mass is 412 g/mol. The number of likely N-dealkylation sites (tertiary alicyclic amines) is 1. The van der Waals surface area contributed by atoms with E-state index in [9.17, 15) is 9.59 Å². The van der Waals surface area contributed by atoms with Crippen LogP contribution in [0.1, 0.15) is 46.2 Å². The van der Waals surface area contributed by atoms with Gasteiger partial charge in [0.1, 0.15) is 11.4 Å². The zero-order valence-corrected chi connectivity index (χ0v) is 18.6. The summed E-state index contributed by atoms with van der Waals surface area (Å²) in [7, 11) is 1.61. The topological polar surface area (TPSA) is 68.7 Å². The molecule has 162 valence electrons. The number of ether oxygens (including phenoxy) is 2. The summed E-state index contributed by atoms with van der Waals surface area (Å²) >= 11 is 0. The van der Waals surface area contributed by atoms with E-state index >= 15 is 0 Å². The average molecular weight is 413 g/mol. The van der Waals surface area contributed by atoms with E-state index in [1.807, 2.05) is 64.1 Å². The number of pyridine rings is 1. The van der Waals surface area contributed by atoms with Gasteiger partial charge in [-0.3, -0.25) is 9.78 Å². The van der Waals surface area contributed by atoms with E-state index in [0.717, 1.165) is 29.4 Å². The average Bonchev–Trinajstić information content (AvgIpc) is 3.17. The van der Waals surface area contributed by atoms with Crippen molar-refractivity contribution in [2.45, 2.75) is 64.7 Å². The van der Waals surface area contributed by atoms with Crippen LogP contribution in [-0.4, -0.2) is 53.2 Å². The summed E-state index contributed by atoms with van der Waals surface area (Å²) in [5, 5.41) is 1.05. The number of nitrogens with zero attached hydrogens (tertiary/aromatic N) is 2. The van der Waals surface area contributed by atoms with Gasteiger partial charge < -0.3 is 14.4 Å². The molecule has 0 N–H and O–H groups in total. The molecule has 1 aromatic carbocycles. The standard InChI is InChI=1S/C24H32N2O4/c1-16(21(27)15-18-13-12-17-9-6-7-10-19(17)25-18)22(29-5)20-11-8-14-26(20)23(28)30-24(2,3)4/h6-7,9-10,12-13,16,20,22H,8,11,14-15H2,1-5H3/t16-,20-,22+/m0/s1. The quantitative estimate of drug-likeness (QED) is 0.703. The number of ketones is 1. The van der Waals surface area contributed by atoms with Gasteiger partial charge in [0.05, 0.1) is 17.7 Å². The van der Waals surface area contributed by atoms with E-state index < -0.39 is 5.60 Å². The van der Waals surface area contributed by atoms with Gasteiger partial charge in [0.25, 0.3) is 0 Å². The summed E-state index contributed by atoms with van der Waals surface area (Å²) < 4.78 is 11.3. The van der Waals surface area contributed by atoms with Gasteiger partial charge in [-0.1, -0.05) is 31.2 Å². The van der Waals surface area contributed by atoms with Gasteiger partial charge in [-0.2, -0.15) is 0 Å². The van der Waals surface area contributed by atoms with Crippen LogP contribution in [0.15, 0.2) is 36.4 Å². The molecule has 0 bridgehead atoms. The summed E-state index contributed by atoms with van der Waals surface area (Å²) in [4.78, 5) is 32.0. The van der Waals surface area contributed by atoms with Crippen molar-refractivity contribution in [2.75, 3.05) is 13.7 Å². The first-order valence-electron chi connectivity index (χ1n) is 10.6. The highest BCUT2D eigenvalue weighted by atomic mass is 16.6. The maximum atomic E-state index is 13.1. The Morgan fingerprint density at radius 2 is 1.93 bits per heavy atom. The van der Waals surface area contributed by atoms with E-state index in [4.69, 9.17) is 9.47 Å². The Kier molecular flexibility index (Phi) is 6.76. The van der Waals surface area contributed by atoms with Crippen LogP contribution in [0.2, 0.25) is 0 Å². The summed E-state index contributed by atoms with van der Waals surface area (Å²) in [6.07, 6.45) is 1.18. The van der Waals surface area contributed by atoms with Crippen molar-refractivity contribution in [3.63, 3.8) is 0 Å². The van der Waals surface area contributed by atoms with Crippen molar-refractivity contribution in [3.8, 4) is 0 Å². The van der Waals surface area contributed by atoms with Crippen LogP contribution < -0.4 is 0 Å². The lowest BCUT2D eigenvalue weighted by molar-refractivity contribution is -0.128. The third-order valence-corrected chi connectivity index (χ3v) is 5.59. The number of benzene rings is 1. The van der Waals surface area contributed by atoms with Crippen molar-refractivity contribution in [2.24, 2.45) is 5.92 Å². The van der Waals surface area contributed by atoms with Gasteiger partial charge >= 0.3 is 6.09 Å². The molecule has 6 nitrogen and oxygen atoms in total. The highest BCUT2D eigenvalue weighted by molar-refractivity contribution is 5.85. The summed E-state index contributed by atoms with van der Waals surface area (Å²) in [5.74, 6) is -0.308. The maximum absolute atomic E-state index is 13.1. The lowest BCUT2D eigenvalue weighted by atomic mass is 9.90. The second kappa shape index (κ2) is 9.13. The van der Waals surface area contributed by atoms with Gasteiger partial charge in [0.2, 0.25) is 0 Å². The number of hydrogen-bond acceptors (Lipinski definition) is 5. The van der Waals surface area contributed by atoms with E-state index in [1.54, 1.807) is 12.0 Å². The molecular weight excluding hydrogens is 380 g/mol. The predicted octanol–water partition coefficient (Wildman–Crippen LogP) is 4.40. The minimum Gasteiger partial charge on any atom is -0.444 e. The largest absolute Gasteiger partial charge is 0.444 e. The molecule has 0 spiro atoms. The van der Waals surface area contributed by atoms with Crippen molar-refractivity contribution in [1.82, 2.24) is 9.88 Å². The molecule has 0 saturated carbocycles. The molecular formula is C24H32N2O4. The maximum Gasteiger partial charge on any atom is 0.410 e. The minimum atomic E-state index is -0.560. The first kappa shape index (κ1) is 22.2. The molecule has 1 aromatic heterocycles. The fourth-order valence-corrected chi connectivity index (χ4v) is 4.11. The van der Waals surface area contributed by atoms with Gasteiger partial charge in [0.15, 0.2) is 0 Å². The Balaban J connectivity index is 1.71. The number of fused-ring (bicyclic) bond motifs is 1. The number of methoxy groups -OCH3 is 1. The summed E-state index contributed by atoms with van der Waals surface area (Å²) in [5.41, 5.74) is 1.07. The first-order valence-corrected chi connectivity index (χ1v) is 10.6. The summed E-state index contributed by atoms with van der Waals surface area (Å²) in [6.45, 7) is 8.06. The highest BCUT2D eigenvalue weighted by Crippen LogP contribution is 2.28. The van der Waals surface area contributed by atoms with E-state index in [-0.39, 0.29) is 36.4 Å². The van der Waals surface area contributed by atoms with Crippen molar-refractivity contribution < 1.29 is 19.1 Å². The van der Waals surface area contributed by atoms with Crippen LogP contribution >= 0.6 is 0 Å². The first-order chi connectivity index (χ1) is 14.2. The Morgan fingerprint density at radius 3 is 2.63 bits per heavy atom. The number of aromatic nitrogens is 1. The van der Waals surface area contributed by atoms with Gasteiger partial charge in [0, 0.05) is 37.1 Å². The molecule has 3 atom stereocenters. The third-order valence-electron chi connectivity index (χ3n) is 5.59. The molecule has 0 radical (unpaired) electrons. The van der Waals surface area contributed by atoms with E-state index in [2.05, 4.69) is 4.98 Å². The van der Waals surface area contributed by atoms with E-state index in [1.165, 1.54) is 0 Å². The van der Waals surface area contributed by atoms with Crippen molar-refractivity contribution in [3.05, 3.63) is 42.1 Å². The highest BCUT2D eigenvalue weighted by Gasteiger charge is 2.41. The smallest absolute Gasteiger partial charge is 0.410 e.